The van der Waals surface area contributed by atoms with Crippen LogP contribution in [0.25, 0.3) is 0 Å². The minimum Gasteiger partial charge on any atom is -0.484 e. The second kappa shape index (κ2) is 9.09. The molecule has 0 atom stereocenters. The van der Waals surface area contributed by atoms with E-state index in [4.69, 9.17) is 10.00 Å². The topological polar surface area (TPSA) is 53.3 Å². The third kappa shape index (κ3) is 5.39. The van der Waals surface area contributed by atoms with E-state index in [1.165, 1.54) is 0 Å². The van der Waals surface area contributed by atoms with Crippen molar-refractivity contribution in [2.24, 2.45) is 0 Å². The maximum atomic E-state index is 12.4. The van der Waals surface area contributed by atoms with Crippen molar-refractivity contribution < 1.29 is 9.53 Å². The number of carbonyl (C=O) groups is 1. The lowest BCUT2D eigenvalue weighted by molar-refractivity contribution is -0.134. The molecule has 24 heavy (non-hydrogen) atoms. The Morgan fingerprint density at radius 2 is 1.83 bits per heavy atom. The Morgan fingerprint density at radius 1 is 1.17 bits per heavy atom. The molecule has 124 valence electrons. The van der Waals surface area contributed by atoms with Crippen LogP contribution >= 0.6 is 15.9 Å². The molecule has 0 radical (unpaired) electrons. The number of halogens is 1. The summed E-state index contributed by atoms with van der Waals surface area (Å²) in [5.41, 5.74) is 1.62. The van der Waals surface area contributed by atoms with Crippen molar-refractivity contribution in [1.29, 1.82) is 5.26 Å². The molecule has 4 nitrogen and oxygen atoms in total. The Hall–Kier alpha value is -2.32. The minimum atomic E-state index is -0.0517. The number of rotatable bonds is 7. The van der Waals surface area contributed by atoms with Crippen LogP contribution in [0.15, 0.2) is 53.0 Å². The van der Waals surface area contributed by atoms with Gasteiger partial charge in [-0.05, 0) is 48.4 Å². The Kier molecular flexibility index (Phi) is 6.83. The zero-order valence-electron chi connectivity index (χ0n) is 13.5. The number of nitrogens with zero attached hydrogens (tertiary/aromatic N) is 2. The SMILES string of the molecule is CCCN(Cc1ccc(C#N)cc1)C(=O)COc1ccc(Br)cc1. The molecular weight excluding hydrogens is 368 g/mol. The molecule has 2 rings (SSSR count). The summed E-state index contributed by atoms with van der Waals surface area (Å²) in [5.74, 6) is 0.616. The number of hydrogen-bond acceptors (Lipinski definition) is 3. The fourth-order valence-corrected chi connectivity index (χ4v) is 2.50. The number of nitriles is 1. The van der Waals surface area contributed by atoms with Gasteiger partial charge in [-0.2, -0.15) is 5.26 Å². The third-order valence-electron chi connectivity index (χ3n) is 3.48. The number of benzene rings is 2. The molecule has 0 spiro atoms. The van der Waals surface area contributed by atoms with E-state index in [1.807, 2.05) is 43.3 Å². The Labute approximate surface area is 150 Å². The molecule has 0 N–H and O–H groups in total. The first kappa shape index (κ1) is 18.0. The van der Waals surface area contributed by atoms with Gasteiger partial charge in [0, 0.05) is 17.6 Å². The van der Waals surface area contributed by atoms with E-state index in [2.05, 4.69) is 22.0 Å². The normalized spacial score (nSPS) is 10.0. The smallest absolute Gasteiger partial charge is 0.260 e. The first-order valence-electron chi connectivity index (χ1n) is 7.77. The second-order valence-corrected chi connectivity index (χ2v) is 6.28. The quantitative estimate of drug-likeness (QED) is 0.718. The highest BCUT2D eigenvalue weighted by Crippen LogP contribution is 2.16. The van der Waals surface area contributed by atoms with Crippen molar-refractivity contribution in [2.45, 2.75) is 19.9 Å². The summed E-state index contributed by atoms with van der Waals surface area (Å²) in [7, 11) is 0. The highest BCUT2D eigenvalue weighted by Gasteiger charge is 2.14. The van der Waals surface area contributed by atoms with Gasteiger partial charge in [0.2, 0.25) is 0 Å². The summed E-state index contributed by atoms with van der Waals surface area (Å²) in [6.45, 7) is 3.23. The van der Waals surface area contributed by atoms with E-state index in [-0.39, 0.29) is 12.5 Å². The van der Waals surface area contributed by atoms with Gasteiger partial charge in [-0.15, -0.1) is 0 Å². The molecule has 0 heterocycles. The highest BCUT2D eigenvalue weighted by molar-refractivity contribution is 9.10. The molecule has 1 amide bonds. The van der Waals surface area contributed by atoms with Gasteiger partial charge in [0.05, 0.1) is 11.6 Å². The molecule has 0 unspecified atom stereocenters. The van der Waals surface area contributed by atoms with Crippen LogP contribution in [0.4, 0.5) is 0 Å². The van der Waals surface area contributed by atoms with Gasteiger partial charge < -0.3 is 9.64 Å². The first-order valence-corrected chi connectivity index (χ1v) is 8.57. The fraction of sp³-hybridized carbons (Fsp3) is 0.263. The van der Waals surface area contributed by atoms with E-state index in [9.17, 15) is 4.79 Å². The summed E-state index contributed by atoms with van der Waals surface area (Å²) in [5, 5.41) is 8.84. The number of amides is 1. The van der Waals surface area contributed by atoms with E-state index in [1.54, 1.807) is 17.0 Å². The zero-order valence-corrected chi connectivity index (χ0v) is 15.1. The van der Waals surface area contributed by atoms with Crippen molar-refractivity contribution in [3.05, 3.63) is 64.1 Å². The summed E-state index contributed by atoms with van der Waals surface area (Å²) in [6.07, 6.45) is 0.875. The molecule has 0 saturated carbocycles. The van der Waals surface area contributed by atoms with E-state index < -0.39 is 0 Å². The van der Waals surface area contributed by atoms with E-state index in [0.29, 0.717) is 24.4 Å². The Morgan fingerprint density at radius 3 is 2.42 bits per heavy atom. The molecule has 2 aromatic rings. The summed E-state index contributed by atoms with van der Waals surface area (Å²) in [4.78, 5) is 14.2. The minimum absolute atomic E-state index is 0.0118. The standard InChI is InChI=1S/C19H19BrN2O2/c1-2-11-22(13-16-5-3-15(12-21)4-6-16)19(23)14-24-18-9-7-17(20)8-10-18/h3-10H,2,11,13-14H2,1H3. The fourth-order valence-electron chi connectivity index (χ4n) is 2.23. The number of hydrogen-bond donors (Lipinski definition) is 0. The van der Waals surface area contributed by atoms with Gasteiger partial charge in [-0.25, -0.2) is 0 Å². The number of ether oxygens (including phenoxy) is 1. The van der Waals surface area contributed by atoms with Crippen LogP contribution in [-0.4, -0.2) is 24.0 Å². The average Bonchev–Trinajstić information content (AvgIpc) is 2.61. The van der Waals surface area contributed by atoms with Crippen LogP contribution in [0.2, 0.25) is 0 Å². The van der Waals surface area contributed by atoms with Crippen molar-refractivity contribution in [3.63, 3.8) is 0 Å². The summed E-state index contributed by atoms with van der Waals surface area (Å²) in [6, 6.07) is 16.8. The van der Waals surface area contributed by atoms with Crippen molar-refractivity contribution in [3.8, 4) is 11.8 Å². The molecule has 0 aromatic heterocycles. The molecule has 2 aromatic carbocycles. The molecule has 0 fully saturated rings. The maximum absolute atomic E-state index is 12.4. The van der Waals surface area contributed by atoms with Gasteiger partial charge in [0.1, 0.15) is 5.75 Å². The molecule has 0 aliphatic carbocycles. The van der Waals surface area contributed by atoms with Crippen LogP contribution < -0.4 is 4.74 Å². The first-order chi connectivity index (χ1) is 11.6. The zero-order chi connectivity index (χ0) is 17.4. The monoisotopic (exact) mass is 386 g/mol. The van der Waals surface area contributed by atoms with Crippen LogP contribution in [0.1, 0.15) is 24.5 Å². The van der Waals surface area contributed by atoms with Crippen LogP contribution in [0.5, 0.6) is 5.75 Å². The van der Waals surface area contributed by atoms with Crippen molar-refractivity contribution >= 4 is 21.8 Å². The van der Waals surface area contributed by atoms with Gasteiger partial charge in [-0.3, -0.25) is 4.79 Å². The third-order valence-corrected chi connectivity index (χ3v) is 4.01. The number of carbonyl (C=O) groups excluding carboxylic acids is 1. The molecule has 0 bridgehead atoms. The molecular formula is C19H19BrN2O2. The Balaban J connectivity index is 1.96. The molecule has 0 aliphatic rings. The van der Waals surface area contributed by atoms with Gasteiger partial charge in [0.15, 0.2) is 6.61 Å². The van der Waals surface area contributed by atoms with E-state index >= 15 is 0 Å². The molecule has 0 saturated heterocycles. The van der Waals surface area contributed by atoms with Gasteiger partial charge in [-0.1, -0.05) is 35.0 Å². The van der Waals surface area contributed by atoms with Crippen LogP contribution in [0.3, 0.4) is 0 Å². The van der Waals surface area contributed by atoms with Gasteiger partial charge >= 0.3 is 0 Å². The predicted octanol–water partition coefficient (Wildman–Crippen LogP) is 4.14. The highest BCUT2D eigenvalue weighted by atomic mass is 79.9. The predicted molar refractivity (Wildman–Crippen MR) is 96.5 cm³/mol. The lowest BCUT2D eigenvalue weighted by atomic mass is 10.1. The Bertz CT molecular complexity index is 706. The average molecular weight is 387 g/mol. The van der Waals surface area contributed by atoms with Gasteiger partial charge in [0.25, 0.3) is 5.91 Å². The summed E-state index contributed by atoms with van der Waals surface area (Å²) >= 11 is 3.37. The van der Waals surface area contributed by atoms with Crippen LogP contribution in [0, 0.1) is 11.3 Å². The lowest BCUT2D eigenvalue weighted by Gasteiger charge is -2.22. The van der Waals surface area contributed by atoms with E-state index in [0.717, 1.165) is 16.5 Å². The van der Waals surface area contributed by atoms with Crippen molar-refractivity contribution in [1.82, 2.24) is 4.90 Å². The lowest BCUT2D eigenvalue weighted by Crippen LogP contribution is -2.35. The van der Waals surface area contributed by atoms with Crippen LogP contribution in [-0.2, 0) is 11.3 Å². The molecule has 5 heteroatoms. The maximum Gasteiger partial charge on any atom is 0.260 e. The summed E-state index contributed by atoms with van der Waals surface area (Å²) < 4.78 is 6.54. The second-order valence-electron chi connectivity index (χ2n) is 5.37. The van der Waals surface area contributed by atoms with Crippen molar-refractivity contribution in [2.75, 3.05) is 13.2 Å². The molecule has 0 aliphatic heterocycles. The largest absolute Gasteiger partial charge is 0.484 e.